The maximum absolute atomic E-state index is 5.22. The minimum absolute atomic E-state index is 0.254. The van der Waals surface area contributed by atoms with Gasteiger partial charge in [-0.2, -0.15) is 5.11 Å². The second kappa shape index (κ2) is 7.14. The molecule has 2 rings (SSSR count). The van der Waals surface area contributed by atoms with Crippen molar-refractivity contribution in [3.63, 3.8) is 0 Å². The first-order chi connectivity index (χ1) is 9.72. The van der Waals surface area contributed by atoms with E-state index in [0.717, 1.165) is 29.8 Å². The molecule has 0 saturated carbocycles. The highest BCUT2D eigenvalue weighted by Crippen LogP contribution is 2.29. The summed E-state index contributed by atoms with van der Waals surface area (Å²) in [7, 11) is 1.66. The molecule has 20 heavy (non-hydrogen) atoms. The van der Waals surface area contributed by atoms with Crippen LogP contribution in [0.15, 0.2) is 39.9 Å². The van der Waals surface area contributed by atoms with Gasteiger partial charge in [-0.3, -0.25) is 0 Å². The summed E-state index contributed by atoms with van der Waals surface area (Å²) in [5.74, 6) is 0.829. The van der Waals surface area contributed by atoms with Crippen molar-refractivity contribution in [2.75, 3.05) is 7.11 Å². The minimum Gasteiger partial charge on any atom is -0.497 e. The summed E-state index contributed by atoms with van der Waals surface area (Å²) >= 11 is 1.51. The van der Waals surface area contributed by atoms with Gasteiger partial charge in [0.15, 0.2) is 0 Å². The molecule has 0 aliphatic heterocycles. The molecule has 1 aromatic heterocycles. The SMILES string of the molecule is CCCC(C)N=Nc1nc(-c2cccc(OC)c2)cs1. The number of hydrogen-bond donors (Lipinski definition) is 0. The fourth-order valence-electron chi connectivity index (χ4n) is 1.85. The van der Waals surface area contributed by atoms with Crippen LogP contribution in [0.25, 0.3) is 11.3 Å². The second-order valence-electron chi connectivity index (χ2n) is 4.60. The van der Waals surface area contributed by atoms with E-state index >= 15 is 0 Å². The first-order valence-corrected chi connectivity index (χ1v) is 7.61. The number of ether oxygens (including phenoxy) is 1. The van der Waals surface area contributed by atoms with Crippen LogP contribution in [0, 0.1) is 0 Å². The molecule has 0 aliphatic carbocycles. The van der Waals surface area contributed by atoms with Crippen molar-refractivity contribution in [3.8, 4) is 17.0 Å². The number of aromatic nitrogens is 1. The van der Waals surface area contributed by atoms with E-state index in [4.69, 9.17) is 4.74 Å². The molecule has 0 amide bonds. The molecule has 0 fully saturated rings. The van der Waals surface area contributed by atoms with Crippen LogP contribution in [0.3, 0.4) is 0 Å². The standard InChI is InChI=1S/C15H19N3OS/c1-4-6-11(2)17-18-15-16-14(10-20-15)12-7-5-8-13(9-12)19-3/h5,7-11H,4,6H2,1-3H3. The van der Waals surface area contributed by atoms with E-state index in [1.54, 1.807) is 7.11 Å². The molecule has 0 saturated heterocycles. The molecule has 0 N–H and O–H groups in total. The average molecular weight is 289 g/mol. The smallest absolute Gasteiger partial charge is 0.230 e. The highest BCUT2D eigenvalue weighted by molar-refractivity contribution is 7.13. The quantitative estimate of drug-likeness (QED) is 0.695. The molecule has 1 aromatic carbocycles. The van der Waals surface area contributed by atoms with Gasteiger partial charge in [-0.05, 0) is 25.5 Å². The molecule has 1 atom stereocenters. The van der Waals surface area contributed by atoms with E-state index in [9.17, 15) is 0 Å². The van der Waals surface area contributed by atoms with Crippen LogP contribution in [0.4, 0.5) is 5.13 Å². The number of azo groups is 1. The van der Waals surface area contributed by atoms with Gasteiger partial charge in [0.05, 0.1) is 18.8 Å². The predicted octanol–water partition coefficient (Wildman–Crippen LogP) is 5.09. The summed E-state index contributed by atoms with van der Waals surface area (Å²) in [6, 6.07) is 8.11. The van der Waals surface area contributed by atoms with Crippen molar-refractivity contribution < 1.29 is 4.74 Å². The van der Waals surface area contributed by atoms with Gasteiger partial charge in [0.2, 0.25) is 5.13 Å². The van der Waals surface area contributed by atoms with E-state index < -0.39 is 0 Å². The van der Waals surface area contributed by atoms with Crippen LogP contribution in [-0.2, 0) is 0 Å². The Morgan fingerprint density at radius 3 is 3.00 bits per heavy atom. The highest BCUT2D eigenvalue weighted by Gasteiger charge is 2.05. The van der Waals surface area contributed by atoms with E-state index in [2.05, 4.69) is 29.1 Å². The lowest BCUT2D eigenvalue weighted by molar-refractivity contribution is 0.415. The summed E-state index contributed by atoms with van der Waals surface area (Å²) < 4.78 is 5.22. The highest BCUT2D eigenvalue weighted by atomic mass is 32.1. The summed E-state index contributed by atoms with van der Waals surface area (Å²) in [6.07, 6.45) is 2.17. The Balaban J connectivity index is 2.12. The van der Waals surface area contributed by atoms with Crippen molar-refractivity contribution in [3.05, 3.63) is 29.6 Å². The molecular weight excluding hydrogens is 270 g/mol. The Morgan fingerprint density at radius 1 is 1.40 bits per heavy atom. The molecule has 5 heteroatoms. The molecule has 106 valence electrons. The monoisotopic (exact) mass is 289 g/mol. The Hall–Kier alpha value is -1.75. The average Bonchev–Trinajstić information content (AvgIpc) is 2.94. The normalized spacial score (nSPS) is 12.8. The van der Waals surface area contributed by atoms with Gasteiger partial charge in [-0.25, -0.2) is 4.98 Å². The third-order valence-corrected chi connectivity index (χ3v) is 3.63. The molecule has 0 spiro atoms. The zero-order valence-electron chi connectivity index (χ0n) is 12.0. The molecule has 1 unspecified atom stereocenters. The van der Waals surface area contributed by atoms with E-state index in [1.165, 1.54) is 11.3 Å². The Morgan fingerprint density at radius 2 is 2.25 bits per heavy atom. The number of nitrogens with zero attached hydrogens (tertiary/aromatic N) is 3. The third kappa shape index (κ3) is 3.87. The number of thiazole rings is 1. The van der Waals surface area contributed by atoms with Crippen molar-refractivity contribution >= 4 is 16.5 Å². The maximum Gasteiger partial charge on any atom is 0.230 e. The zero-order valence-corrected chi connectivity index (χ0v) is 12.9. The van der Waals surface area contributed by atoms with Crippen LogP contribution in [0.2, 0.25) is 0 Å². The van der Waals surface area contributed by atoms with Crippen molar-refractivity contribution in [1.82, 2.24) is 4.98 Å². The van der Waals surface area contributed by atoms with E-state index in [1.807, 2.05) is 29.6 Å². The maximum atomic E-state index is 5.22. The van der Waals surface area contributed by atoms with Gasteiger partial charge in [-0.1, -0.05) is 25.5 Å². The fourth-order valence-corrected chi connectivity index (χ4v) is 2.50. The van der Waals surface area contributed by atoms with Gasteiger partial charge >= 0.3 is 0 Å². The number of rotatable bonds is 6. The molecule has 1 heterocycles. The molecule has 0 bridgehead atoms. The molecule has 4 nitrogen and oxygen atoms in total. The van der Waals surface area contributed by atoms with Gasteiger partial charge in [-0.15, -0.1) is 16.5 Å². The number of benzene rings is 1. The van der Waals surface area contributed by atoms with Crippen molar-refractivity contribution in [2.45, 2.75) is 32.7 Å². The van der Waals surface area contributed by atoms with Gasteiger partial charge in [0.25, 0.3) is 0 Å². The second-order valence-corrected chi connectivity index (χ2v) is 5.44. The summed E-state index contributed by atoms with van der Waals surface area (Å²) in [6.45, 7) is 4.22. The Kier molecular flexibility index (Phi) is 5.24. The fraction of sp³-hybridized carbons (Fsp3) is 0.400. The van der Waals surface area contributed by atoms with Gasteiger partial charge in [0, 0.05) is 10.9 Å². The summed E-state index contributed by atoms with van der Waals surface area (Å²) in [4.78, 5) is 4.49. The van der Waals surface area contributed by atoms with Crippen LogP contribution in [0.5, 0.6) is 5.75 Å². The lowest BCUT2D eigenvalue weighted by Crippen LogP contribution is -1.93. The first-order valence-electron chi connectivity index (χ1n) is 6.73. The number of hydrogen-bond acceptors (Lipinski definition) is 5. The van der Waals surface area contributed by atoms with Crippen molar-refractivity contribution in [2.24, 2.45) is 10.2 Å². The summed E-state index contributed by atoms with van der Waals surface area (Å²) in [5.41, 5.74) is 1.94. The Bertz CT molecular complexity index is 580. The van der Waals surface area contributed by atoms with Gasteiger partial charge in [0.1, 0.15) is 5.75 Å². The van der Waals surface area contributed by atoms with Gasteiger partial charge < -0.3 is 4.74 Å². The third-order valence-electron chi connectivity index (χ3n) is 2.90. The lowest BCUT2D eigenvalue weighted by Gasteiger charge is -2.01. The summed E-state index contributed by atoms with van der Waals surface area (Å²) in [5, 5.41) is 11.2. The Labute approximate surface area is 123 Å². The van der Waals surface area contributed by atoms with Crippen molar-refractivity contribution in [1.29, 1.82) is 0 Å². The molecule has 0 aliphatic rings. The lowest BCUT2D eigenvalue weighted by atomic mass is 10.2. The zero-order chi connectivity index (χ0) is 14.4. The number of methoxy groups -OCH3 is 1. The minimum atomic E-state index is 0.254. The van der Waals surface area contributed by atoms with Crippen LogP contribution < -0.4 is 4.74 Å². The van der Waals surface area contributed by atoms with Crippen LogP contribution >= 0.6 is 11.3 Å². The van der Waals surface area contributed by atoms with Crippen LogP contribution in [0.1, 0.15) is 26.7 Å². The van der Waals surface area contributed by atoms with E-state index in [0.29, 0.717) is 5.13 Å². The molecular formula is C15H19N3OS. The molecule has 2 aromatic rings. The topological polar surface area (TPSA) is 46.8 Å². The van der Waals surface area contributed by atoms with E-state index in [-0.39, 0.29) is 6.04 Å². The largest absolute Gasteiger partial charge is 0.497 e. The predicted molar refractivity (Wildman–Crippen MR) is 83.0 cm³/mol. The first kappa shape index (κ1) is 14.7. The van der Waals surface area contributed by atoms with Crippen LogP contribution in [-0.4, -0.2) is 18.1 Å². The molecule has 0 radical (unpaired) electrons.